The second-order valence-corrected chi connectivity index (χ2v) is 10.7. The van der Waals surface area contributed by atoms with Crippen LogP contribution in [0.4, 0.5) is 0 Å². The molecule has 0 spiro atoms. The number of thiocarbonyl (C=S) groups is 1. The summed E-state index contributed by atoms with van der Waals surface area (Å²) >= 11 is 13.6. The van der Waals surface area contributed by atoms with E-state index in [0.29, 0.717) is 21.7 Å². The first kappa shape index (κ1) is 21.0. The van der Waals surface area contributed by atoms with Crippen LogP contribution in [-0.4, -0.2) is 16.7 Å². The summed E-state index contributed by atoms with van der Waals surface area (Å²) in [5.41, 5.74) is 1.28. The molecule has 0 atom stereocenters. The van der Waals surface area contributed by atoms with E-state index in [4.69, 9.17) is 38.3 Å². The third kappa shape index (κ3) is 3.80. The van der Waals surface area contributed by atoms with E-state index in [0.717, 1.165) is 16.9 Å². The number of methoxy groups -OCH3 is 1. The highest BCUT2D eigenvalue weighted by molar-refractivity contribution is 7.80. The fraction of sp³-hybridized carbons (Fsp3) is 0.545. The van der Waals surface area contributed by atoms with Crippen molar-refractivity contribution in [1.29, 1.82) is 0 Å². The molecule has 4 nitrogen and oxygen atoms in total. The van der Waals surface area contributed by atoms with Gasteiger partial charge in [0.1, 0.15) is 16.3 Å². The van der Waals surface area contributed by atoms with E-state index in [-0.39, 0.29) is 11.2 Å². The predicted octanol–water partition coefficient (Wildman–Crippen LogP) is 5.79. The highest BCUT2D eigenvalue weighted by Gasteiger charge is 2.47. The lowest BCUT2D eigenvalue weighted by molar-refractivity contribution is -0.107. The van der Waals surface area contributed by atoms with Crippen LogP contribution in [0.1, 0.15) is 63.1 Å². The summed E-state index contributed by atoms with van der Waals surface area (Å²) in [7, 11) is 1.63. The molecule has 0 N–H and O–H groups in total. The van der Waals surface area contributed by atoms with E-state index < -0.39 is 0 Å². The molecule has 7 heteroatoms. The Balaban J connectivity index is 1.86. The zero-order chi connectivity index (χ0) is 21.0. The molecule has 0 radical (unpaired) electrons. The summed E-state index contributed by atoms with van der Waals surface area (Å²) in [6.45, 7) is 9.52. The van der Waals surface area contributed by atoms with Crippen LogP contribution in [-0.2, 0) is 22.5 Å². The Labute approximate surface area is 186 Å². The monoisotopic (exact) mass is 450 g/mol. The molecular weight excluding hydrogens is 424 g/mol. The molecule has 0 saturated heterocycles. The van der Waals surface area contributed by atoms with E-state index in [9.17, 15) is 0 Å². The van der Waals surface area contributed by atoms with Crippen molar-refractivity contribution in [1.82, 2.24) is 4.57 Å². The van der Waals surface area contributed by atoms with Crippen molar-refractivity contribution in [2.45, 2.75) is 64.7 Å². The minimum absolute atomic E-state index is 0.339. The van der Waals surface area contributed by atoms with Crippen LogP contribution < -0.4 is 9.54 Å². The van der Waals surface area contributed by atoms with E-state index in [1.807, 2.05) is 12.1 Å². The summed E-state index contributed by atoms with van der Waals surface area (Å²) in [6, 6.07) is 5.45. The Hall–Kier alpha value is -1.21. The molecule has 2 aliphatic rings. The topological polar surface area (TPSA) is 35.8 Å². The third-order valence-corrected chi connectivity index (χ3v) is 7.72. The van der Waals surface area contributed by atoms with Gasteiger partial charge in [-0.1, -0.05) is 41.6 Å². The molecule has 0 unspecified atom stereocenters. The average Bonchev–Trinajstić information content (AvgIpc) is 3.04. The molecule has 4 rings (SSSR count). The first-order chi connectivity index (χ1) is 13.6. The van der Waals surface area contributed by atoms with E-state index >= 15 is 0 Å². The number of aromatic nitrogens is 1. The lowest BCUT2D eigenvalue weighted by Gasteiger charge is -2.29. The van der Waals surface area contributed by atoms with Crippen molar-refractivity contribution >= 4 is 40.1 Å². The van der Waals surface area contributed by atoms with Crippen molar-refractivity contribution in [3.8, 4) is 5.75 Å². The van der Waals surface area contributed by atoms with Crippen LogP contribution in [0.2, 0.25) is 5.02 Å². The van der Waals surface area contributed by atoms with Crippen LogP contribution in [0.3, 0.4) is 0 Å². The Kier molecular flexibility index (Phi) is 5.43. The molecule has 156 valence electrons. The Bertz CT molecular complexity index is 1030. The van der Waals surface area contributed by atoms with Gasteiger partial charge in [-0.2, -0.15) is 0 Å². The van der Waals surface area contributed by atoms with Crippen molar-refractivity contribution in [2.75, 3.05) is 7.11 Å². The maximum atomic E-state index is 6.39. The Morgan fingerprint density at radius 2 is 2.03 bits per heavy atom. The van der Waals surface area contributed by atoms with Crippen LogP contribution in [0.5, 0.6) is 5.75 Å². The Morgan fingerprint density at radius 1 is 1.31 bits per heavy atom. The number of fused-ring (bicyclic) bond motifs is 1. The molecule has 1 aliphatic carbocycles. The predicted molar refractivity (Wildman–Crippen MR) is 122 cm³/mol. The van der Waals surface area contributed by atoms with Gasteiger partial charge in [-0.3, -0.25) is 0 Å². The minimum atomic E-state index is -0.359. The van der Waals surface area contributed by atoms with Crippen molar-refractivity contribution in [2.24, 2.45) is 10.9 Å². The second-order valence-electron chi connectivity index (χ2n) is 8.85. The first-order valence-corrected chi connectivity index (χ1v) is 11.6. The van der Waals surface area contributed by atoms with Gasteiger partial charge in [-0.15, -0.1) is 0 Å². The van der Waals surface area contributed by atoms with Crippen LogP contribution in [0.15, 0.2) is 23.2 Å². The lowest BCUT2D eigenvalue weighted by atomic mass is 9.85. The zero-order valence-electron chi connectivity index (χ0n) is 17.5. The molecule has 0 amide bonds. The SMILES string of the molecule is COc1ccc(Cl)cc1C(=S)/N=c1\sc2c(n1CC1CCC1)C(C)(C)OC2(C)C. The number of hydrogen-bond donors (Lipinski definition) is 0. The number of rotatable bonds is 4. The molecule has 2 heterocycles. The van der Waals surface area contributed by atoms with Gasteiger partial charge in [0.15, 0.2) is 4.80 Å². The van der Waals surface area contributed by atoms with Gasteiger partial charge in [0.2, 0.25) is 0 Å². The van der Waals surface area contributed by atoms with Crippen LogP contribution in [0, 0.1) is 5.92 Å². The molecule has 1 aromatic carbocycles. The summed E-state index contributed by atoms with van der Waals surface area (Å²) in [6.07, 6.45) is 3.86. The van der Waals surface area contributed by atoms with E-state index in [1.165, 1.54) is 29.8 Å². The summed E-state index contributed by atoms with van der Waals surface area (Å²) in [4.78, 5) is 7.56. The molecule has 2 aromatic rings. The number of nitrogens with zero attached hydrogens (tertiary/aromatic N) is 2. The largest absolute Gasteiger partial charge is 0.496 e. The van der Waals surface area contributed by atoms with Crippen LogP contribution >= 0.6 is 35.2 Å². The molecule has 1 aromatic heterocycles. The lowest BCUT2D eigenvalue weighted by Crippen LogP contribution is -2.32. The summed E-state index contributed by atoms with van der Waals surface area (Å²) in [5, 5.41) is 0.616. The van der Waals surface area contributed by atoms with Gasteiger partial charge in [0, 0.05) is 11.6 Å². The van der Waals surface area contributed by atoms with Gasteiger partial charge in [-0.05, 0) is 64.7 Å². The minimum Gasteiger partial charge on any atom is -0.496 e. The second kappa shape index (κ2) is 7.49. The fourth-order valence-electron chi connectivity index (χ4n) is 4.33. The molecule has 1 fully saturated rings. The van der Waals surface area contributed by atoms with Crippen molar-refractivity contribution < 1.29 is 9.47 Å². The number of hydrogen-bond acceptors (Lipinski definition) is 4. The Morgan fingerprint density at radius 3 is 2.66 bits per heavy atom. The quantitative estimate of drug-likeness (QED) is 0.553. The highest BCUT2D eigenvalue weighted by atomic mass is 35.5. The average molecular weight is 451 g/mol. The number of thiazole rings is 1. The molecule has 29 heavy (non-hydrogen) atoms. The van der Waals surface area contributed by atoms with E-state index in [1.54, 1.807) is 24.5 Å². The summed E-state index contributed by atoms with van der Waals surface area (Å²) in [5.74, 6) is 1.38. The van der Waals surface area contributed by atoms with Gasteiger partial charge < -0.3 is 14.0 Å². The fourth-order valence-corrected chi connectivity index (χ4v) is 6.14. The molecule has 1 aliphatic heterocycles. The normalized spacial score (nSPS) is 20.4. The standard InChI is InChI=1S/C22H27ClN2O2S2/c1-21(2)17-18(22(3,4)27-21)29-20(25(17)12-13-7-6-8-13)24-19(28)15-11-14(23)9-10-16(15)26-5/h9-11,13H,6-8,12H2,1-5H3/b24-20-. The van der Waals surface area contributed by atoms with Gasteiger partial charge >= 0.3 is 0 Å². The summed E-state index contributed by atoms with van der Waals surface area (Å²) < 4.78 is 14.2. The molecule has 1 saturated carbocycles. The first-order valence-electron chi connectivity index (χ1n) is 10.00. The highest BCUT2D eigenvalue weighted by Crippen LogP contribution is 2.48. The van der Waals surface area contributed by atoms with Crippen molar-refractivity contribution in [3.63, 3.8) is 0 Å². The number of ether oxygens (including phenoxy) is 2. The van der Waals surface area contributed by atoms with Crippen LogP contribution in [0.25, 0.3) is 0 Å². The smallest absolute Gasteiger partial charge is 0.191 e. The number of benzene rings is 1. The molecular formula is C22H27ClN2O2S2. The zero-order valence-corrected chi connectivity index (χ0v) is 19.9. The maximum Gasteiger partial charge on any atom is 0.191 e. The number of halogens is 1. The van der Waals surface area contributed by atoms with E-state index in [2.05, 4.69) is 32.3 Å². The molecule has 0 bridgehead atoms. The van der Waals surface area contributed by atoms with Gasteiger partial charge in [0.25, 0.3) is 0 Å². The van der Waals surface area contributed by atoms with Gasteiger partial charge in [0.05, 0.1) is 28.8 Å². The van der Waals surface area contributed by atoms with Gasteiger partial charge in [-0.25, -0.2) is 4.99 Å². The van der Waals surface area contributed by atoms with Crippen molar-refractivity contribution in [3.05, 3.63) is 44.2 Å². The third-order valence-electron chi connectivity index (χ3n) is 5.79. The maximum absolute atomic E-state index is 6.39.